The van der Waals surface area contributed by atoms with E-state index in [1.165, 1.54) is 4.90 Å². The highest BCUT2D eigenvalue weighted by Gasteiger charge is 2.34. The van der Waals surface area contributed by atoms with Gasteiger partial charge in [-0.05, 0) is 24.3 Å². The molecule has 3 aliphatic rings. The first-order chi connectivity index (χ1) is 15.6. The molecule has 32 heavy (non-hydrogen) atoms. The third-order valence-electron chi connectivity index (χ3n) is 5.90. The van der Waals surface area contributed by atoms with Crippen molar-refractivity contribution in [2.75, 3.05) is 56.1 Å². The van der Waals surface area contributed by atoms with Gasteiger partial charge in [-0.2, -0.15) is 0 Å². The Kier molecular flexibility index (Phi) is 5.40. The Bertz CT molecular complexity index is 1050. The summed E-state index contributed by atoms with van der Waals surface area (Å²) in [6.45, 7) is 2.54. The van der Waals surface area contributed by atoms with Gasteiger partial charge in [-0.15, -0.1) is 0 Å². The molecule has 3 heterocycles. The van der Waals surface area contributed by atoms with E-state index in [0.29, 0.717) is 49.1 Å². The zero-order valence-electron chi connectivity index (χ0n) is 17.5. The molecular weight excluding hydrogens is 412 g/mol. The van der Waals surface area contributed by atoms with E-state index in [2.05, 4.69) is 5.32 Å². The van der Waals surface area contributed by atoms with Gasteiger partial charge in [0.2, 0.25) is 17.9 Å². The molecule has 3 aliphatic heterocycles. The molecule has 0 aliphatic carbocycles. The first-order valence-electron chi connectivity index (χ1n) is 10.7. The van der Waals surface area contributed by atoms with E-state index < -0.39 is 6.10 Å². The number of anilines is 2. The number of hydrogen-bond acceptors (Lipinski definition) is 6. The summed E-state index contributed by atoms with van der Waals surface area (Å²) in [5.74, 6) is 0.781. The molecule has 166 valence electrons. The number of carbonyl (C=O) groups excluding carboxylic acids is 3. The van der Waals surface area contributed by atoms with Crippen LogP contribution in [0.5, 0.6) is 11.5 Å². The maximum Gasteiger partial charge on any atom is 0.267 e. The number of para-hydroxylation sites is 4. The van der Waals surface area contributed by atoms with Crippen LogP contribution in [-0.2, 0) is 14.4 Å². The van der Waals surface area contributed by atoms with Crippen LogP contribution in [0.25, 0.3) is 0 Å². The number of fused-ring (bicyclic) bond motifs is 2. The van der Waals surface area contributed by atoms with E-state index in [4.69, 9.17) is 9.47 Å². The molecule has 0 aromatic heterocycles. The van der Waals surface area contributed by atoms with Crippen molar-refractivity contribution >= 4 is 29.1 Å². The lowest BCUT2D eigenvalue weighted by molar-refractivity contribution is -0.143. The molecule has 9 nitrogen and oxygen atoms in total. The number of nitrogens with one attached hydrogen (secondary N) is 1. The number of rotatable bonds is 3. The number of benzene rings is 2. The molecule has 9 heteroatoms. The van der Waals surface area contributed by atoms with Crippen LogP contribution in [0.15, 0.2) is 48.5 Å². The summed E-state index contributed by atoms with van der Waals surface area (Å²) in [4.78, 5) is 43.1. The minimum absolute atomic E-state index is 0.00872. The average Bonchev–Trinajstić information content (AvgIpc) is 2.83. The van der Waals surface area contributed by atoms with Crippen molar-refractivity contribution < 1.29 is 23.9 Å². The van der Waals surface area contributed by atoms with Gasteiger partial charge >= 0.3 is 0 Å². The van der Waals surface area contributed by atoms with Gasteiger partial charge in [0.25, 0.3) is 5.91 Å². The highest BCUT2D eigenvalue weighted by molar-refractivity contribution is 6.10. The Morgan fingerprint density at radius 1 is 0.969 bits per heavy atom. The van der Waals surface area contributed by atoms with Crippen molar-refractivity contribution in [3.8, 4) is 11.5 Å². The van der Waals surface area contributed by atoms with E-state index >= 15 is 0 Å². The molecule has 1 atom stereocenters. The second kappa shape index (κ2) is 8.51. The minimum atomic E-state index is -0.665. The molecule has 1 N–H and O–H groups in total. The van der Waals surface area contributed by atoms with Crippen LogP contribution in [0.3, 0.4) is 0 Å². The molecule has 0 spiro atoms. The number of amides is 3. The molecular formula is C23H24N4O5. The van der Waals surface area contributed by atoms with Crippen LogP contribution in [0, 0.1) is 0 Å². The van der Waals surface area contributed by atoms with Crippen LogP contribution >= 0.6 is 0 Å². The topological polar surface area (TPSA) is 91.4 Å². The van der Waals surface area contributed by atoms with Crippen molar-refractivity contribution in [2.24, 2.45) is 0 Å². The fourth-order valence-corrected chi connectivity index (χ4v) is 4.20. The quantitative estimate of drug-likeness (QED) is 0.771. The monoisotopic (exact) mass is 436 g/mol. The number of ether oxygens (including phenoxy) is 2. The minimum Gasteiger partial charge on any atom is -0.485 e. The lowest BCUT2D eigenvalue weighted by atomic mass is 10.2. The number of hydrogen-bond donors (Lipinski definition) is 1. The van der Waals surface area contributed by atoms with Crippen molar-refractivity contribution in [3.05, 3.63) is 48.5 Å². The second-order valence-electron chi connectivity index (χ2n) is 8.01. The van der Waals surface area contributed by atoms with Crippen molar-refractivity contribution in [1.29, 1.82) is 0 Å². The van der Waals surface area contributed by atoms with Gasteiger partial charge in [-0.1, -0.05) is 24.3 Å². The Balaban J connectivity index is 1.16. The number of piperazine rings is 1. The Morgan fingerprint density at radius 2 is 1.69 bits per heavy atom. The predicted molar refractivity (Wildman–Crippen MR) is 117 cm³/mol. The highest BCUT2D eigenvalue weighted by atomic mass is 16.6. The lowest BCUT2D eigenvalue weighted by Gasteiger charge is -2.38. The van der Waals surface area contributed by atoms with Gasteiger partial charge in [0.15, 0.2) is 11.5 Å². The normalized spacial score (nSPS) is 20.4. The van der Waals surface area contributed by atoms with Gasteiger partial charge in [0.1, 0.15) is 13.2 Å². The Morgan fingerprint density at radius 3 is 2.50 bits per heavy atom. The van der Waals surface area contributed by atoms with Crippen molar-refractivity contribution in [3.63, 3.8) is 0 Å². The highest BCUT2D eigenvalue weighted by Crippen LogP contribution is 2.31. The van der Waals surface area contributed by atoms with Crippen LogP contribution in [0.1, 0.15) is 0 Å². The molecule has 2 aromatic carbocycles. The third kappa shape index (κ3) is 3.99. The summed E-state index contributed by atoms with van der Waals surface area (Å²) in [6, 6.07) is 14.6. The molecule has 5 rings (SSSR count). The van der Waals surface area contributed by atoms with E-state index in [0.717, 1.165) is 0 Å². The first-order valence-corrected chi connectivity index (χ1v) is 10.7. The van der Waals surface area contributed by atoms with E-state index in [1.807, 2.05) is 41.3 Å². The Hall–Kier alpha value is -3.59. The smallest absolute Gasteiger partial charge is 0.267 e. The largest absolute Gasteiger partial charge is 0.485 e. The predicted octanol–water partition coefficient (Wildman–Crippen LogP) is 0.956. The van der Waals surface area contributed by atoms with Crippen LogP contribution in [-0.4, -0.2) is 79.5 Å². The second-order valence-corrected chi connectivity index (χ2v) is 8.01. The summed E-state index contributed by atoms with van der Waals surface area (Å²) >= 11 is 0. The molecule has 0 bridgehead atoms. The van der Waals surface area contributed by atoms with Gasteiger partial charge < -0.3 is 19.7 Å². The molecule has 1 saturated heterocycles. The lowest BCUT2D eigenvalue weighted by Crippen LogP contribution is -2.56. The summed E-state index contributed by atoms with van der Waals surface area (Å²) in [6.07, 6.45) is -0.665. The zero-order valence-corrected chi connectivity index (χ0v) is 17.5. The van der Waals surface area contributed by atoms with Crippen LogP contribution in [0.2, 0.25) is 0 Å². The molecule has 2 aromatic rings. The van der Waals surface area contributed by atoms with Gasteiger partial charge in [-0.25, -0.2) is 0 Å². The molecule has 1 fully saturated rings. The summed E-state index contributed by atoms with van der Waals surface area (Å²) in [7, 11) is 0. The van der Waals surface area contributed by atoms with Crippen molar-refractivity contribution in [2.45, 2.75) is 6.10 Å². The summed E-state index contributed by atoms with van der Waals surface area (Å²) < 4.78 is 11.5. The number of carbonyl (C=O) groups is 3. The van der Waals surface area contributed by atoms with E-state index in [1.54, 1.807) is 17.0 Å². The SMILES string of the molecule is O=C1CN(C(=O)CN2CCN(C(=O)C3COc4ccccc4O3)CC2)c2ccccc2N1. The molecule has 1 unspecified atom stereocenters. The van der Waals surface area contributed by atoms with Crippen LogP contribution < -0.4 is 19.7 Å². The molecule has 3 amide bonds. The van der Waals surface area contributed by atoms with Gasteiger partial charge in [0, 0.05) is 26.2 Å². The first kappa shape index (κ1) is 20.3. The summed E-state index contributed by atoms with van der Waals surface area (Å²) in [5.41, 5.74) is 1.35. The zero-order chi connectivity index (χ0) is 22.1. The molecule has 0 saturated carbocycles. The third-order valence-corrected chi connectivity index (χ3v) is 5.90. The average molecular weight is 436 g/mol. The van der Waals surface area contributed by atoms with Crippen LogP contribution in [0.4, 0.5) is 11.4 Å². The fourth-order valence-electron chi connectivity index (χ4n) is 4.20. The Labute approximate surface area is 185 Å². The maximum atomic E-state index is 12.9. The van der Waals surface area contributed by atoms with Crippen molar-refractivity contribution in [1.82, 2.24) is 9.80 Å². The maximum absolute atomic E-state index is 12.9. The standard InChI is InChI=1S/C23H24N4O5/c28-21-13-27(17-6-2-1-5-16(17)24-21)22(29)14-25-9-11-26(12-10-25)23(30)20-15-31-18-7-3-4-8-19(18)32-20/h1-8,20H,9-15H2,(H,24,28). The van der Waals surface area contributed by atoms with E-state index in [-0.39, 0.29) is 37.4 Å². The number of nitrogens with zero attached hydrogens (tertiary/aromatic N) is 3. The fraction of sp³-hybridized carbons (Fsp3) is 0.348. The van der Waals surface area contributed by atoms with Gasteiger partial charge in [0.05, 0.1) is 17.9 Å². The van der Waals surface area contributed by atoms with E-state index in [9.17, 15) is 14.4 Å². The molecule has 0 radical (unpaired) electrons. The summed E-state index contributed by atoms with van der Waals surface area (Å²) in [5, 5.41) is 2.79. The van der Waals surface area contributed by atoms with Gasteiger partial charge in [-0.3, -0.25) is 24.2 Å².